The first kappa shape index (κ1) is 16.0. The van der Waals surface area contributed by atoms with Gasteiger partial charge in [-0.2, -0.15) is 5.10 Å². The van der Waals surface area contributed by atoms with Crippen LogP contribution in [0.2, 0.25) is 0 Å². The van der Waals surface area contributed by atoms with Crippen LogP contribution in [0.1, 0.15) is 11.4 Å². The van der Waals surface area contributed by atoms with E-state index < -0.39 is 0 Å². The molecule has 1 N–H and O–H groups in total. The van der Waals surface area contributed by atoms with Gasteiger partial charge in [-0.3, -0.25) is 9.48 Å². The molecule has 4 aromatic rings. The maximum Gasteiger partial charge on any atom is 0.230 e. The number of benzene rings is 1. The third-order valence-corrected chi connectivity index (χ3v) is 4.06. The van der Waals surface area contributed by atoms with Crippen LogP contribution in [-0.2, 0) is 18.3 Å². The molecule has 0 aliphatic rings. The highest BCUT2D eigenvalue weighted by Gasteiger charge is 2.12. The Hall–Kier alpha value is -3.48. The molecule has 4 rings (SSSR count). The summed E-state index contributed by atoms with van der Waals surface area (Å²) in [5, 5.41) is 8.09. The summed E-state index contributed by atoms with van der Waals surface area (Å²) in [6.45, 7) is 1.91. The largest absolute Gasteiger partial charge is 0.444 e. The number of carbonyl (C=O) groups is 1. The number of nitrogens with one attached hydrogen (secondary N) is 1. The number of rotatable bonds is 4. The Balaban J connectivity index is 1.47. The molecule has 7 nitrogen and oxygen atoms in total. The van der Waals surface area contributed by atoms with Gasteiger partial charge in [-0.25, -0.2) is 9.97 Å². The monoisotopic (exact) mass is 347 g/mol. The molecule has 1 amide bonds. The van der Waals surface area contributed by atoms with Gasteiger partial charge in [0.2, 0.25) is 11.8 Å². The van der Waals surface area contributed by atoms with Crippen LogP contribution < -0.4 is 5.32 Å². The lowest BCUT2D eigenvalue weighted by atomic mass is 10.2. The van der Waals surface area contributed by atoms with Gasteiger partial charge in [0, 0.05) is 18.0 Å². The number of aryl methyl sites for hydroxylation is 2. The molecule has 26 heavy (non-hydrogen) atoms. The average Bonchev–Trinajstić information content (AvgIpc) is 3.20. The Kier molecular flexibility index (Phi) is 3.96. The fraction of sp³-hybridized carbons (Fsp3) is 0.158. The van der Waals surface area contributed by atoms with Crippen molar-refractivity contribution in [2.45, 2.75) is 13.3 Å². The number of anilines is 1. The first-order valence-electron chi connectivity index (χ1n) is 8.19. The lowest BCUT2D eigenvalue weighted by molar-refractivity contribution is -0.115. The normalized spacial score (nSPS) is 11.0. The van der Waals surface area contributed by atoms with E-state index in [4.69, 9.17) is 4.42 Å². The summed E-state index contributed by atoms with van der Waals surface area (Å²) in [5.41, 5.74) is 3.73. The summed E-state index contributed by atoms with van der Waals surface area (Å²) < 4.78 is 7.18. The lowest BCUT2D eigenvalue weighted by Gasteiger charge is -2.04. The van der Waals surface area contributed by atoms with Crippen molar-refractivity contribution in [3.63, 3.8) is 0 Å². The third-order valence-electron chi connectivity index (χ3n) is 4.06. The summed E-state index contributed by atoms with van der Waals surface area (Å²) in [6.07, 6.45) is 3.26. The fourth-order valence-corrected chi connectivity index (χ4v) is 2.85. The smallest absolute Gasteiger partial charge is 0.230 e. The van der Waals surface area contributed by atoms with Crippen LogP contribution in [-0.4, -0.2) is 25.7 Å². The quantitative estimate of drug-likeness (QED) is 0.613. The molecule has 0 saturated carbocycles. The van der Waals surface area contributed by atoms with Crippen LogP contribution in [0, 0.1) is 6.92 Å². The Morgan fingerprint density at radius 2 is 2.08 bits per heavy atom. The highest BCUT2D eigenvalue weighted by atomic mass is 16.3. The molecule has 0 unspecified atom stereocenters. The van der Waals surface area contributed by atoms with Gasteiger partial charge in [-0.15, -0.1) is 0 Å². The van der Waals surface area contributed by atoms with Crippen LogP contribution in [0.25, 0.3) is 22.5 Å². The summed E-state index contributed by atoms with van der Waals surface area (Å²) in [4.78, 5) is 21.0. The summed E-state index contributed by atoms with van der Waals surface area (Å²) in [7, 11) is 1.84. The topological polar surface area (TPSA) is 85.8 Å². The van der Waals surface area contributed by atoms with Crippen LogP contribution in [0.4, 0.5) is 5.69 Å². The van der Waals surface area contributed by atoms with E-state index in [0.717, 1.165) is 22.3 Å². The molecule has 0 saturated heterocycles. The molecule has 0 aliphatic heterocycles. The first-order valence-corrected chi connectivity index (χ1v) is 8.19. The van der Waals surface area contributed by atoms with Crippen LogP contribution in [0.15, 0.2) is 53.3 Å². The molecule has 130 valence electrons. The molecule has 3 aromatic heterocycles. The van der Waals surface area contributed by atoms with Gasteiger partial charge in [0.05, 0.1) is 29.7 Å². The highest BCUT2D eigenvalue weighted by molar-refractivity contribution is 5.94. The van der Waals surface area contributed by atoms with Crippen molar-refractivity contribution in [3.8, 4) is 11.5 Å². The zero-order valence-corrected chi connectivity index (χ0v) is 14.4. The number of hydrogen-bond acceptors (Lipinski definition) is 5. The molecule has 7 heteroatoms. The van der Waals surface area contributed by atoms with E-state index in [0.29, 0.717) is 17.3 Å². The number of oxazole rings is 1. The standard InChI is InChI=1S/C19H17N5O2/c1-12-16-8-14(10-20-18(16)24(2)23-12)21-17(25)9-15-11-26-19(22-15)13-6-4-3-5-7-13/h3-8,10-11H,9H2,1-2H3,(H,21,25). The van der Waals surface area contributed by atoms with Gasteiger partial charge in [-0.05, 0) is 25.1 Å². The van der Waals surface area contributed by atoms with Gasteiger partial charge in [0.1, 0.15) is 6.26 Å². The average molecular weight is 347 g/mol. The molecule has 0 aliphatic carbocycles. The minimum absolute atomic E-state index is 0.125. The predicted octanol–water partition coefficient (Wildman–Crippen LogP) is 3.11. The summed E-state index contributed by atoms with van der Waals surface area (Å²) >= 11 is 0. The van der Waals surface area contributed by atoms with Crippen molar-refractivity contribution in [1.82, 2.24) is 19.7 Å². The Labute approximate surface area is 149 Å². The molecule has 0 radical (unpaired) electrons. The van der Waals surface area contributed by atoms with Gasteiger partial charge in [0.25, 0.3) is 0 Å². The van der Waals surface area contributed by atoms with Crippen LogP contribution >= 0.6 is 0 Å². The number of nitrogens with zero attached hydrogens (tertiary/aromatic N) is 4. The first-order chi connectivity index (χ1) is 12.6. The number of pyridine rings is 1. The van der Waals surface area contributed by atoms with Crippen molar-refractivity contribution >= 4 is 22.6 Å². The molecule has 0 bridgehead atoms. The molecule has 0 spiro atoms. The second-order valence-corrected chi connectivity index (χ2v) is 6.04. The molecule has 3 heterocycles. The second-order valence-electron chi connectivity index (χ2n) is 6.04. The van der Waals surface area contributed by atoms with E-state index >= 15 is 0 Å². The summed E-state index contributed by atoms with van der Waals surface area (Å²) in [6, 6.07) is 11.4. The van der Waals surface area contributed by atoms with Crippen molar-refractivity contribution in [2.24, 2.45) is 7.05 Å². The van der Waals surface area contributed by atoms with Crippen molar-refractivity contribution in [2.75, 3.05) is 5.32 Å². The van der Waals surface area contributed by atoms with Gasteiger partial charge in [0.15, 0.2) is 5.65 Å². The summed E-state index contributed by atoms with van der Waals surface area (Å²) in [5.74, 6) is 0.322. The highest BCUT2D eigenvalue weighted by Crippen LogP contribution is 2.20. The van der Waals surface area contributed by atoms with Crippen molar-refractivity contribution < 1.29 is 9.21 Å². The second kappa shape index (κ2) is 6.44. The maximum atomic E-state index is 12.3. The maximum absolute atomic E-state index is 12.3. The van der Waals surface area contributed by atoms with E-state index in [-0.39, 0.29) is 12.3 Å². The van der Waals surface area contributed by atoms with E-state index in [1.165, 1.54) is 6.26 Å². The fourth-order valence-electron chi connectivity index (χ4n) is 2.85. The number of fused-ring (bicyclic) bond motifs is 1. The number of hydrogen-bond donors (Lipinski definition) is 1. The van der Waals surface area contributed by atoms with Gasteiger partial charge < -0.3 is 9.73 Å². The number of carbonyl (C=O) groups excluding carboxylic acids is 1. The molecule has 1 aromatic carbocycles. The van der Waals surface area contributed by atoms with Crippen molar-refractivity contribution in [1.29, 1.82) is 0 Å². The van der Waals surface area contributed by atoms with E-state index in [1.54, 1.807) is 10.9 Å². The molecule has 0 atom stereocenters. The van der Waals surface area contributed by atoms with Crippen LogP contribution in [0.5, 0.6) is 0 Å². The number of amides is 1. The van der Waals surface area contributed by atoms with Crippen molar-refractivity contribution in [3.05, 3.63) is 60.2 Å². The predicted molar refractivity (Wildman–Crippen MR) is 97.5 cm³/mol. The van der Waals surface area contributed by atoms with E-state index in [1.807, 2.05) is 50.4 Å². The Morgan fingerprint density at radius 3 is 2.88 bits per heavy atom. The minimum Gasteiger partial charge on any atom is -0.444 e. The van der Waals surface area contributed by atoms with Gasteiger partial charge in [-0.1, -0.05) is 18.2 Å². The Morgan fingerprint density at radius 1 is 1.27 bits per heavy atom. The van der Waals surface area contributed by atoms with Gasteiger partial charge >= 0.3 is 0 Å². The SMILES string of the molecule is Cc1nn(C)c2ncc(NC(=O)Cc3coc(-c4ccccc4)n3)cc12. The van der Waals surface area contributed by atoms with Crippen LogP contribution in [0.3, 0.4) is 0 Å². The van der Waals surface area contributed by atoms with E-state index in [9.17, 15) is 4.79 Å². The van der Waals surface area contributed by atoms with E-state index in [2.05, 4.69) is 20.4 Å². The number of aromatic nitrogens is 4. The zero-order valence-electron chi connectivity index (χ0n) is 14.4. The Bertz CT molecular complexity index is 1080. The molecular weight excluding hydrogens is 330 g/mol. The third kappa shape index (κ3) is 3.06. The molecule has 0 fully saturated rings. The minimum atomic E-state index is -0.180. The molecular formula is C19H17N5O2. The lowest BCUT2D eigenvalue weighted by Crippen LogP contribution is -2.14. The zero-order chi connectivity index (χ0) is 18.1.